The highest BCUT2D eigenvalue weighted by Gasteiger charge is 2.02. The maximum Gasteiger partial charge on any atom is 0.0827 e. The molecule has 80 valence electrons. The minimum absolute atomic E-state index is 0.381. The van der Waals surface area contributed by atoms with E-state index in [0.29, 0.717) is 6.54 Å². The quantitative estimate of drug-likeness (QED) is 0.628. The van der Waals surface area contributed by atoms with Crippen LogP contribution in [0.2, 0.25) is 0 Å². The molecule has 0 aliphatic heterocycles. The minimum atomic E-state index is -0.381. The van der Waals surface area contributed by atoms with Crippen LogP contribution in [0.1, 0.15) is 25.5 Å². The fourth-order valence-corrected chi connectivity index (χ4v) is 1.26. The molecule has 0 radical (unpaired) electrons. The lowest BCUT2D eigenvalue weighted by Crippen LogP contribution is -2.11. The van der Waals surface area contributed by atoms with Gasteiger partial charge in [-0.2, -0.15) is 0 Å². The first-order valence-electron chi connectivity index (χ1n) is 4.99. The van der Waals surface area contributed by atoms with Crippen molar-refractivity contribution in [3.63, 3.8) is 0 Å². The Bertz CT molecular complexity index is 259. The summed E-state index contributed by atoms with van der Waals surface area (Å²) in [5, 5.41) is 17.0. The number of aromatic nitrogens is 3. The molecule has 1 aromatic heterocycles. The lowest BCUT2D eigenvalue weighted by Gasteiger charge is -2.01. The Morgan fingerprint density at radius 1 is 1.57 bits per heavy atom. The summed E-state index contributed by atoms with van der Waals surface area (Å²) >= 11 is 0. The standard InChI is InChI=1S/C9H18N4O/c1-8(14)6-13-7-9(11-12-13)4-2-3-5-10/h7-8,14H,2-6,10H2,1H3. The van der Waals surface area contributed by atoms with Crippen molar-refractivity contribution in [3.05, 3.63) is 11.9 Å². The number of hydrogen-bond acceptors (Lipinski definition) is 4. The van der Waals surface area contributed by atoms with Gasteiger partial charge in [0, 0.05) is 6.20 Å². The first-order chi connectivity index (χ1) is 6.72. The van der Waals surface area contributed by atoms with Gasteiger partial charge in [0.1, 0.15) is 0 Å². The summed E-state index contributed by atoms with van der Waals surface area (Å²) in [7, 11) is 0. The van der Waals surface area contributed by atoms with E-state index in [1.807, 2.05) is 6.20 Å². The van der Waals surface area contributed by atoms with Crippen LogP contribution >= 0.6 is 0 Å². The molecule has 0 amide bonds. The Morgan fingerprint density at radius 3 is 3.00 bits per heavy atom. The first kappa shape index (κ1) is 11.1. The predicted octanol–water partition coefficient (Wildman–Crippen LogP) is -0.0597. The average molecular weight is 198 g/mol. The molecule has 1 unspecified atom stereocenters. The predicted molar refractivity (Wildman–Crippen MR) is 53.7 cm³/mol. The average Bonchev–Trinajstić information content (AvgIpc) is 2.52. The van der Waals surface area contributed by atoms with Gasteiger partial charge in [-0.05, 0) is 32.7 Å². The van der Waals surface area contributed by atoms with Crippen molar-refractivity contribution in [2.75, 3.05) is 6.54 Å². The van der Waals surface area contributed by atoms with E-state index >= 15 is 0 Å². The summed E-state index contributed by atoms with van der Waals surface area (Å²) in [6, 6.07) is 0. The molecule has 0 saturated carbocycles. The lowest BCUT2D eigenvalue weighted by atomic mass is 10.2. The molecule has 0 fully saturated rings. The van der Waals surface area contributed by atoms with Gasteiger partial charge in [0.2, 0.25) is 0 Å². The zero-order chi connectivity index (χ0) is 10.4. The number of nitrogens with zero attached hydrogens (tertiary/aromatic N) is 3. The summed E-state index contributed by atoms with van der Waals surface area (Å²) in [5.41, 5.74) is 6.36. The highest BCUT2D eigenvalue weighted by molar-refractivity contribution is 4.92. The molecule has 0 aromatic carbocycles. The van der Waals surface area contributed by atoms with E-state index in [2.05, 4.69) is 10.3 Å². The van der Waals surface area contributed by atoms with Crippen LogP contribution in [0, 0.1) is 0 Å². The molecular formula is C9H18N4O. The summed E-state index contributed by atoms with van der Waals surface area (Å²) in [6.45, 7) is 2.96. The van der Waals surface area contributed by atoms with Crippen molar-refractivity contribution in [1.29, 1.82) is 0 Å². The summed E-state index contributed by atoms with van der Waals surface area (Å²) < 4.78 is 1.67. The highest BCUT2D eigenvalue weighted by atomic mass is 16.3. The Hall–Kier alpha value is -0.940. The van der Waals surface area contributed by atoms with E-state index < -0.39 is 0 Å². The molecule has 0 spiro atoms. The molecule has 1 aromatic rings. The van der Waals surface area contributed by atoms with E-state index in [1.165, 1.54) is 0 Å². The van der Waals surface area contributed by atoms with Crippen LogP contribution in [0.25, 0.3) is 0 Å². The molecule has 3 N–H and O–H groups in total. The molecule has 0 aliphatic rings. The van der Waals surface area contributed by atoms with Gasteiger partial charge in [0.25, 0.3) is 0 Å². The molecule has 1 heterocycles. The first-order valence-corrected chi connectivity index (χ1v) is 4.99. The number of hydrogen-bond donors (Lipinski definition) is 2. The van der Waals surface area contributed by atoms with Gasteiger partial charge in [0.15, 0.2) is 0 Å². The number of aliphatic hydroxyl groups is 1. The Balaban J connectivity index is 2.35. The second-order valence-electron chi connectivity index (χ2n) is 3.53. The van der Waals surface area contributed by atoms with Crippen molar-refractivity contribution < 1.29 is 5.11 Å². The molecule has 0 bridgehead atoms. The zero-order valence-corrected chi connectivity index (χ0v) is 8.56. The van der Waals surface area contributed by atoms with Gasteiger partial charge in [-0.25, -0.2) is 4.68 Å². The number of unbranched alkanes of at least 4 members (excludes halogenated alkanes) is 1. The highest BCUT2D eigenvalue weighted by Crippen LogP contribution is 2.00. The third kappa shape index (κ3) is 3.85. The molecule has 1 rings (SSSR count). The van der Waals surface area contributed by atoms with E-state index in [4.69, 9.17) is 10.8 Å². The van der Waals surface area contributed by atoms with Gasteiger partial charge in [-0.15, -0.1) is 5.10 Å². The van der Waals surface area contributed by atoms with Gasteiger partial charge in [-0.1, -0.05) is 5.21 Å². The second-order valence-corrected chi connectivity index (χ2v) is 3.53. The Kier molecular flexibility index (Phi) is 4.55. The molecule has 14 heavy (non-hydrogen) atoms. The summed E-state index contributed by atoms with van der Waals surface area (Å²) in [5.74, 6) is 0. The van der Waals surface area contributed by atoms with E-state index in [-0.39, 0.29) is 6.10 Å². The summed E-state index contributed by atoms with van der Waals surface area (Å²) in [6.07, 6.45) is 4.47. The van der Waals surface area contributed by atoms with Crippen LogP contribution in [0.15, 0.2) is 6.20 Å². The van der Waals surface area contributed by atoms with E-state index in [9.17, 15) is 0 Å². The van der Waals surface area contributed by atoms with E-state index in [0.717, 1.165) is 31.5 Å². The van der Waals surface area contributed by atoms with Crippen LogP contribution in [0.4, 0.5) is 0 Å². The molecule has 0 saturated heterocycles. The van der Waals surface area contributed by atoms with Crippen LogP contribution in [0.5, 0.6) is 0 Å². The largest absolute Gasteiger partial charge is 0.391 e. The second kappa shape index (κ2) is 5.72. The van der Waals surface area contributed by atoms with Gasteiger partial charge in [-0.3, -0.25) is 0 Å². The normalized spacial score (nSPS) is 13.1. The van der Waals surface area contributed by atoms with Crippen molar-refractivity contribution in [2.45, 2.75) is 38.8 Å². The van der Waals surface area contributed by atoms with Crippen LogP contribution < -0.4 is 5.73 Å². The fraction of sp³-hybridized carbons (Fsp3) is 0.778. The smallest absolute Gasteiger partial charge is 0.0827 e. The van der Waals surface area contributed by atoms with Crippen molar-refractivity contribution >= 4 is 0 Å². The molecular weight excluding hydrogens is 180 g/mol. The molecule has 0 aliphatic carbocycles. The fourth-order valence-electron chi connectivity index (χ4n) is 1.26. The lowest BCUT2D eigenvalue weighted by molar-refractivity contribution is 0.167. The Morgan fingerprint density at radius 2 is 2.36 bits per heavy atom. The SMILES string of the molecule is CC(O)Cn1cc(CCCCN)nn1. The van der Waals surface area contributed by atoms with Crippen molar-refractivity contribution in [3.8, 4) is 0 Å². The van der Waals surface area contributed by atoms with E-state index in [1.54, 1.807) is 11.6 Å². The van der Waals surface area contributed by atoms with Crippen molar-refractivity contribution in [1.82, 2.24) is 15.0 Å². The molecule has 5 nitrogen and oxygen atoms in total. The Labute approximate surface area is 83.9 Å². The van der Waals surface area contributed by atoms with Crippen LogP contribution in [-0.4, -0.2) is 32.7 Å². The number of nitrogens with two attached hydrogens (primary N) is 1. The third-order valence-corrected chi connectivity index (χ3v) is 1.92. The van der Waals surface area contributed by atoms with Crippen LogP contribution in [0.3, 0.4) is 0 Å². The van der Waals surface area contributed by atoms with Gasteiger partial charge >= 0.3 is 0 Å². The third-order valence-electron chi connectivity index (χ3n) is 1.92. The van der Waals surface area contributed by atoms with Gasteiger partial charge in [0.05, 0.1) is 18.3 Å². The van der Waals surface area contributed by atoms with Crippen molar-refractivity contribution in [2.24, 2.45) is 5.73 Å². The zero-order valence-electron chi connectivity index (χ0n) is 8.56. The van der Waals surface area contributed by atoms with Gasteiger partial charge < -0.3 is 10.8 Å². The summed E-state index contributed by atoms with van der Waals surface area (Å²) in [4.78, 5) is 0. The monoisotopic (exact) mass is 198 g/mol. The molecule has 1 atom stereocenters. The number of aryl methyl sites for hydroxylation is 1. The molecule has 5 heteroatoms. The topological polar surface area (TPSA) is 77.0 Å². The van der Waals surface area contributed by atoms with Crippen LogP contribution in [-0.2, 0) is 13.0 Å². The number of aliphatic hydroxyl groups excluding tert-OH is 1. The number of rotatable bonds is 6. The maximum atomic E-state index is 9.12. The maximum absolute atomic E-state index is 9.12. The minimum Gasteiger partial charge on any atom is -0.391 e.